The van der Waals surface area contributed by atoms with Crippen LogP contribution in [-0.2, 0) is 12.6 Å². The van der Waals surface area contributed by atoms with Crippen LogP contribution >= 0.6 is 0 Å². The minimum absolute atomic E-state index is 0.208. The van der Waals surface area contributed by atoms with Gasteiger partial charge in [0.15, 0.2) is 0 Å². The molecule has 0 aromatic heterocycles. The zero-order valence-electron chi connectivity index (χ0n) is 9.30. The van der Waals surface area contributed by atoms with Gasteiger partial charge in [-0.05, 0) is 36.7 Å². The van der Waals surface area contributed by atoms with E-state index in [2.05, 4.69) is 0 Å². The van der Waals surface area contributed by atoms with Crippen LogP contribution in [0.4, 0.5) is 18.9 Å². The Morgan fingerprint density at radius 1 is 1.25 bits per heavy atom. The number of alkyl halides is 3. The molecule has 0 saturated heterocycles. The number of nitrogens with zero attached hydrogens (tertiary/aromatic N) is 1. The van der Waals surface area contributed by atoms with Crippen molar-refractivity contribution < 1.29 is 13.2 Å². The zero-order valence-corrected chi connectivity index (χ0v) is 9.30. The fourth-order valence-corrected chi connectivity index (χ4v) is 1.50. The van der Waals surface area contributed by atoms with Gasteiger partial charge in [0.25, 0.3) is 0 Å². The third-order valence-corrected chi connectivity index (χ3v) is 2.32. The Morgan fingerprint density at radius 2 is 1.88 bits per heavy atom. The first-order valence-corrected chi connectivity index (χ1v) is 4.93. The maximum absolute atomic E-state index is 12.7. The summed E-state index contributed by atoms with van der Waals surface area (Å²) in [4.78, 5) is 1.76. The van der Waals surface area contributed by atoms with Gasteiger partial charge in [-0.3, -0.25) is 0 Å². The zero-order chi connectivity index (χ0) is 12.3. The topological polar surface area (TPSA) is 29.3 Å². The highest BCUT2D eigenvalue weighted by Crippen LogP contribution is 2.33. The highest BCUT2D eigenvalue weighted by atomic mass is 19.4. The lowest BCUT2D eigenvalue weighted by Gasteiger charge is -2.17. The first kappa shape index (κ1) is 12.8. The molecule has 0 heterocycles. The minimum Gasteiger partial charge on any atom is -0.378 e. The van der Waals surface area contributed by atoms with Gasteiger partial charge in [-0.25, -0.2) is 0 Å². The van der Waals surface area contributed by atoms with Gasteiger partial charge < -0.3 is 10.6 Å². The van der Waals surface area contributed by atoms with Crippen LogP contribution in [0.25, 0.3) is 0 Å². The molecule has 0 fully saturated rings. The number of halogens is 3. The van der Waals surface area contributed by atoms with Crippen molar-refractivity contribution in [2.75, 3.05) is 25.5 Å². The summed E-state index contributed by atoms with van der Waals surface area (Å²) in [7, 11) is 3.57. The lowest BCUT2D eigenvalue weighted by atomic mass is 10.0. The lowest BCUT2D eigenvalue weighted by molar-refractivity contribution is -0.138. The van der Waals surface area contributed by atoms with Crippen molar-refractivity contribution >= 4 is 5.69 Å². The molecule has 0 aliphatic carbocycles. The summed E-state index contributed by atoms with van der Waals surface area (Å²) < 4.78 is 38.0. The van der Waals surface area contributed by atoms with E-state index in [0.717, 1.165) is 11.8 Å². The predicted octanol–water partition coefficient (Wildman–Crippen LogP) is 2.27. The van der Waals surface area contributed by atoms with E-state index in [1.807, 2.05) is 0 Å². The summed E-state index contributed by atoms with van der Waals surface area (Å²) in [5.41, 5.74) is 5.72. The first-order chi connectivity index (χ1) is 7.36. The molecule has 5 heteroatoms. The molecule has 0 atom stereocenters. The van der Waals surface area contributed by atoms with Crippen LogP contribution < -0.4 is 10.6 Å². The van der Waals surface area contributed by atoms with E-state index >= 15 is 0 Å². The molecule has 0 unspecified atom stereocenters. The summed E-state index contributed by atoms with van der Waals surface area (Å²) in [6, 6.07) is 4.11. The van der Waals surface area contributed by atoms with E-state index in [9.17, 15) is 13.2 Å². The number of anilines is 1. The molecule has 1 aromatic carbocycles. The molecular weight excluding hydrogens is 217 g/mol. The van der Waals surface area contributed by atoms with Gasteiger partial charge >= 0.3 is 6.18 Å². The Kier molecular flexibility index (Phi) is 3.80. The monoisotopic (exact) mass is 232 g/mol. The van der Waals surface area contributed by atoms with Gasteiger partial charge in [-0.2, -0.15) is 13.2 Å². The normalized spacial score (nSPS) is 11.6. The standard InChI is InChI=1S/C11H15F3N2/c1-16(2)9-3-4-10(11(12,13)14)8(7-9)5-6-15/h3-4,7H,5-6,15H2,1-2H3. The molecule has 0 saturated carbocycles. The van der Waals surface area contributed by atoms with Crippen molar-refractivity contribution in [3.05, 3.63) is 29.3 Å². The van der Waals surface area contributed by atoms with Crippen LogP contribution in [0.5, 0.6) is 0 Å². The second-order valence-electron chi connectivity index (χ2n) is 3.77. The first-order valence-electron chi connectivity index (χ1n) is 4.93. The second-order valence-corrected chi connectivity index (χ2v) is 3.77. The van der Waals surface area contributed by atoms with Gasteiger partial charge in [-0.15, -0.1) is 0 Å². The van der Waals surface area contributed by atoms with Crippen LogP contribution in [0.15, 0.2) is 18.2 Å². The molecule has 2 N–H and O–H groups in total. The van der Waals surface area contributed by atoms with E-state index in [1.54, 1.807) is 19.0 Å². The second kappa shape index (κ2) is 4.74. The van der Waals surface area contributed by atoms with Crippen LogP contribution in [0, 0.1) is 0 Å². The van der Waals surface area contributed by atoms with Gasteiger partial charge in [0, 0.05) is 19.8 Å². The highest BCUT2D eigenvalue weighted by molar-refractivity contribution is 5.50. The van der Waals surface area contributed by atoms with Crippen molar-refractivity contribution in [1.29, 1.82) is 0 Å². The fourth-order valence-electron chi connectivity index (χ4n) is 1.50. The number of benzene rings is 1. The van der Waals surface area contributed by atoms with Crippen molar-refractivity contribution in [3.8, 4) is 0 Å². The average Bonchev–Trinajstić information content (AvgIpc) is 2.16. The molecule has 2 nitrogen and oxygen atoms in total. The molecule has 1 aromatic rings. The summed E-state index contributed by atoms with van der Waals surface area (Å²) in [5, 5.41) is 0. The van der Waals surface area contributed by atoms with E-state index in [4.69, 9.17) is 5.73 Å². The Morgan fingerprint density at radius 3 is 2.31 bits per heavy atom. The molecule has 0 aliphatic heterocycles. The smallest absolute Gasteiger partial charge is 0.378 e. The number of hydrogen-bond donors (Lipinski definition) is 1. The summed E-state index contributed by atoms with van der Waals surface area (Å²) >= 11 is 0. The fraction of sp³-hybridized carbons (Fsp3) is 0.455. The number of hydrogen-bond acceptors (Lipinski definition) is 2. The molecule has 0 radical (unpaired) electrons. The van der Waals surface area contributed by atoms with Crippen LogP contribution in [0.1, 0.15) is 11.1 Å². The Bertz CT molecular complexity index is 359. The van der Waals surface area contributed by atoms with E-state index in [1.165, 1.54) is 12.1 Å². The largest absolute Gasteiger partial charge is 0.416 e. The van der Waals surface area contributed by atoms with E-state index in [0.29, 0.717) is 0 Å². The molecule has 16 heavy (non-hydrogen) atoms. The molecule has 0 spiro atoms. The van der Waals surface area contributed by atoms with Gasteiger partial charge in [0.05, 0.1) is 5.56 Å². The Hall–Kier alpha value is -1.23. The molecule has 1 rings (SSSR count). The van der Waals surface area contributed by atoms with Crippen LogP contribution in [0.2, 0.25) is 0 Å². The van der Waals surface area contributed by atoms with Gasteiger partial charge in [0.1, 0.15) is 0 Å². The SMILES string of the molecule is CN(C)c1ccc(C(F)(F)F)c(CCN)c1. The molecular formula is C11H15F3N2. The van der Waals surface area contributed by atoms with E-state index < -0.39 is 11.7 Å². The molecule has 0 amide bonds. The Labute approximate surface area is 92.9 Å². The van der Waals surface area contributed by atoms with E-state index in [-0.39, 0.29) is 18.5 Å². The summed E-state index contributed by atoms with van der Waals surface area (Å²) in [6.45, 7) is 0.208. The van der Waals surface area contributed by atoms with Crippen molar-refractivity contribution in [1.82, 2.24) is 0 Å². The third-order valence-electron chi connectivity index (χ3n) is 2.32. The van der Waals surface area contributed by atoms with Crippen LogP contribution in [-0.4, -0.2) is 20.6 Å². The van der Waals surface area contributed by atoms with Crippen LogP contribution in [0.3, 0.4) is 0 Å². The molecule has 0 bridgehead atoms. The number of rotatable bonds is 3. The maximum Gasteiger partial charge on any atom is 0.416 e. The third kappa shape index (κ3) is 2.88. The Balaban J connectivity index is 3.19. The van der Waals surface area contributed by atoms with Crippen molar-refractivity contribution in [2.45, 2.75) is 12.6 Å². The van der Waals surface area contributed by atoms with Crippen molar-refractivity contribution in [2.24, 2.45) is 5.73 Å². The maximum atomic E-state index is 12.7. The van der Waals surface area contributed by atoms with Crippen molar-refractivity contribution in [3.63, 3.8) is 0 Å². The molecule has 0 aliphatic rings. The average molecular weight is 232 g/mol. The summed E-state index contributed by atoms with van der Waals surface area (Å²) in [5.74, 6) is 0. The number of nitrogens with two attached hydrogens (primary N) is 1. The predicted molar refractivity (Wildman–Crippen MR) is 58.5 cm³/mol. The van der Waals surface area contributed by atoms with Gasteiger partial charge in [0.2, 0.25) is 0 Å². The molecule has 90 valence electrons. The minimum atomic E-state index is -4.31. The van der Waals surface area contributed by atoms with Gasteiger partial charge in [-0.1, -0.05) is 0 Å². The summed E-state index contributed by atoms with van der Waals surface area (Å²) in [6.07, 6.45) is -4.08. The highest BCUT2D eigenvalue weighted by Gasteiger charge is 2.33. The quantitative estimate of drug-likeness (QED) is 0.866. The lowest BCUT2D eigenvalue weighted by Crippen LogP contribution is -2.15.